The first-order valence-electron chi connectivity index (χ1n) is 5.68. The highest BCUT2D eigenvalue weighted by molar-refractivity contribution is 5.82. The molecule has 0 bridgehead atoms. The second kappa shape index (κ2) is 4.19. The maximum atomic E-state index is 5.69. The van der Waals surface area contributed by atoms with Gasteiger partial charge >= 0.3 is 0 Å². The number of nitrogens with zero attached hydrogens (tertiary/aromatic N) is 3. The Hall–Kier alpha value is -2.27. The van der Waals surface area contributed by atoms with Crippen molar-refractivity contribution in [3.63, 3.8) is 0 Å². The molecule has 2 aromatic heterocycles. The van der Waals surface area contributed by atoms with Gasteiger partial charge < -0.3 is 10.3 Å². The van der Waals surface area contributed by atoms with Crippen molar-refractivity contribution in [2.24, 2.45) is 5.73 Å². The van der Waals surface area contributed by atoms with Crippen LogP contribution in [0, 0.1) is 0 Å². The summed E-state index contributed by atoms with van der Waals surface area (Å²) in [5.74, 6) is 0.990. The van der Waals surface area contributed by atoms with Crippen LogP contribution in [0.3, 0.4) is 0 Å². The average molecular weight is 240 g/mol. The van der Waals surface area contributed by atoms with Crippen LogP contribution in [0.2, 0.25) is 0 Å². The highest BCUT2D eigenvalue weighted by atomic mass is 16.5. The van der Waals surface area contributed by atoms with Crippen LogP contribution >= 0.6 is 0 Å². The van der Waals surface area contributed by atoms with Crippen molar-refractivity contribution in [1.29, 1.82) is 0 Å². The number of hydrogen-bond acceptors (Lipinski definition) is 5. The van der Waals surface area contributed by atoms with Crippen LogP contribution in [-0.2, 0) is 0 Å². The van der Waals surface area contributed by atoms with E-state index in [1.165, 1.54) is 0 Å². The monoisotopic (exact) mass is 240 g/mol. The summed E-state index contributed by atoms with van der Waals surface area (Å²) >= 11 is 0. The van der Waals surface area contributed by atoms with E-state index in [2.05, 4.69) is 15.1 Å². The number of hydrogen-bond donors (Lipinski definition) is 1. The van der Waals surface area contributed by atoms with Crippen LogP contribution in [0.5, 0.6) is 0 Å². The van der Waals surface area contributed by atoms with Crippen molar-refractivity contribution in [2.45, 2.75) is 13.0 Å². The second-order valence-corrected chi connectivity index (χ2v) is 4.16. The lowest BCUT2D eigenvalue weighted by Crippen LogP contribution is -2.04. The van der Waals surface area contributed by atoms with Crippen LogP contribution in [0.4, 0.5) is 0 Å². The van der Waals surface area contributed by atoms with Crippen LogP contribution in [0.1, 0.15) is 18.9 Å². The number of fused-ring (bicyclic) bond motifs is 1. The van der Waals surface area contributed by atoms with Gasteiger partial charge in [0.1, 0.15) is 0 Å². The summed E-state index contributed by atoms with van der Waals surface area (Å²) in [4.78, 5) is 8.53. The van der Waals surface area contributed by atoms with Crippen LogP contribution in [0.15, 0.2) is 41.1 Å². The van der Waals surface area contributed by atoms with Crippen molar-refractivity contribution >= 4 is 10.9 Å². The van der Waals surface area contributed by atoms with E-state index in [9.17, 15) is 0 Å². The molecule has 0 aliphatic heterocycles. The molecular formula is C13H12N4O. The zero-order chi connectivity index (χ0) is 12.5. The molecule has 1 aromatic carbocycles. The molecule has 2 N–H and O–H groups in total. The van der Waals surface area contributed by atoms with Gasteiger partial charge in [0.2, 0.25) is 11.7 Å². The van der Waals surface area contributed by atoms with Gasteiger partial charge in [0.05, 0.1) is 11.6 Å². The Balaban J connectivity index is 2.07. The van der Waals surface area contributed by atoms with Gasteiger partial charge in [-0.05, 0) is 31.2 Å². The minimum absolute atomic E-state index is 0.256. The smallest absolute Gasteiger partial charge is 0.243 e. The summed E-state index contributed by atoms with van der Waals surface area (Å²) in [5, 5.41) is 4.97. The van der Waals surface area contributed by atoms with Gasteiger partial charge in [0, 0.05) is 17.1 Å². The minimum Gasteiger partial charge on any atom is -0.337 e. The lowest BCUT2D eigenvalue weighted by atomic mass is 10.1. The molecule has 0 radical (unpaired) electrons. The molecule has 1 atom stereocenters. The highest BCUT2D eigenvalue weighted by Gasteiger charge is 2.11. The molecule has 0 saturated carbocycles. The third-order valence-electron chi connectivity index (χ3n) is 2.69. The van der Waals surface area contributed by atoms with Gasteiger partial charge in [0.25, 0.3) is 0 Å². The predicted molar refractivity (Wildman–Crippen MR) is 67.6 cm³/mol. The molecule has 0 spiro atoms. The summed E-state index contributed by atoms with van der Waals surface area (Å²) in [6.07, 6.45) is 1.77. The molecule has 0 fully saturated rings. The average Bonchev–Trinajstić information content (AvgIpc) is 2.88. The lowest BCUT2D eigenvalue weighted by Gasteiger charge is -1.98. The van der Waals surface area contributed by atoms with E-state index in [0.717, 1.165) is 16.5 Å². The summed E-state index contributed by atoms with van der Waals surface area (Å²) in [7, 11) is 0. The quantitative estimate of drug-likeness (QED) is 0.743. The lowest BCUT2D eigenvalue weighted by molar-refractivity contribution is 0.362. The van der Waals surface area contributed by atoms with Crippen molar-refractivity contribution in [3.05, 3.63) is 42.4 Å². The number of rotatable bonds is 2. The fourth-order valence-corrected chi connectivity index (χ4v) is 1.75. The Kier molecular flexibility index (Phi) is 2.53. The highest BCUT2D eigenvalue weighted by Crippen LogP contribution is 2.22. The molecule has 3 rings (SSSR count). The molecule has 5 nitrogen and oxygen atoms in total. The Bertz CT molecular complexity index is 690. The van der Waals surface area contributed by atoms with E-state index in [4.69, 9.17) is 10.3 Å². The van der Waals surface area contributed by atoms with Gasteiger partial charge in [-0.15, -0.1) is 0 Å². The van der Waals surface area contributed by atoms with E-state index in [-0.39, 0.29) is 6.04 Å². The Morgan fingerprint density at radius 3 is 2.94 bits per heavy atom. The molecule has 0 amide bonds. The van der Waals surface area contributed by atoms with E-state index in [1.54, 1.807) is 6.20 Å². The fourth-order valence-electron chi connectivity index (χ4n) is 1.75. The maximum absolute atomic E-state index is 5.69. The molecule has 90 valence electrons. The molecule has 0 aliphatic rings. The summed E-state index contributed by atoms with van der Waals surface area (Å²) in [5.41, 5.74) is 7.53. The van der Waals surface area contributed by atoms with Crippen molar-refractivity contribution in [2.75, 3.05) is 0 Å². The third kappa shape index (κ3) is 1.84. The van der Waals surface area contributed by atoms with E-state index in [0.29, 0.717) is 11.7 Å². The Morgan fingerprint density at radius 2 is 2.17 bits per heavy atom. The topological polar surface area (TPSA) is 77.8 Å². The standard InChI is InChI=1S/C13H12N4O/c1-8(14)13-16-12(17-18-13)10-4-5-11-9(7-10)3-2-6-15-11/h2-8H,14H2,1H3/t8-/m0/s1. The largest absolute Gasteiger partial charge is 0.337 e. The predicted octanol–water partition coefficient (Wildman–Crippen LogP) is 2.30. The first-order valence-corrected chi connectivity index (χ1v) is 5.68. The van der Waals surface area contributed by atoms with Gasteiger partial charge in [-0.25, -0.2) is 0 Å². The zero-order valence-corrected chi connectivity index (χ0v) is 9.87. The third-order valence-corrected chi connectivity index (χ3v) is 2.69. The second-order valence-electron chi connectivity index (χ2n) is 4.16. The van der Waals surface area contributed by atoms with Crippen molar-refractivity contribution in [3.8, 4) is 11.4 Å². The van der Waals surface area contributed by atoms with Crippen LogP contribution < -0.4 is 5.73 Å². The number of aromatic nitrogens is 3. The summed E-state index contributed by atoms with van der Waals surface area (Å²) < 4.78 is 5.09. The van der Waals surface area contributed by atoms with E-state index >= 15 is 0 Å². The zero-order valence-electron chi connectivity index (χ0n) is 9.87. The van der Waals surface area contributed by atoms with Crippen LogP contribution in [-0.4, -0.2) is 15.1 Å². The number of nitrogens with two attached hydrogens (primary N) is 1. The summed E-state index contributed by atoms with van der Waals surface area (Å²) in [6, 6.07) is 9.48. The number of pyridine rings is 1. The molecule has 18 heavy (non-hydrogen) atoms. The Morgan fingerprint density at radius 1 is 1.28 bits per heavy atom. The summed E-state index contributed by atoms with van der Waals surface area (Å²) in [6.45, 7) is 1.81. The van der Waals surface area contributed by atoms with Gasteiger partial charge in [-0.2, -0.15) is 4.98 Å². The van der Waals surface area contributed by atoms with Gasteiger partial charge in [-0.1, -0.05) is 11.2 Å². The molecule has 0 aliphatic carbocycles. The Labute approximate surface area is 104 Å². The molecular weight excluding hydrogens is 228 g/mol. The van der Waals surface area contributed by atoms with Gasteiger partial charge in [0.15, 0.2) is 0 Å². The normalized spacial score (nSPS) is 12.8. The van der Waals surface area contributed by atoms with E-state index < -0.39 is 0 Å². The van der Waals surface area contributed by atoms with Crippen molar-refractivity contribution in [1.82, 2.24) is 15.1 Å². The van der Waals surface area contributed by atoms with Crippen LogP contribution in [0.25, 0.3) is 22.3 Å². The maximum Gasteiger partial charge on any atom is 0.243 e. The van der Waals surface area contributed by atoms with E-state index in [1.807, 2.05) is 37.3 Å². The molecule has 2 heterocycles. The first kappa shape index (κ1) is 10.9. The fraction of sp³-hybridized carbons (Fsp3) is 0.154. The molecule has 0 saturated heterocycles. The number of benzene rings is 1. The minimum atomic E-state index is -0.256. The van der Waals surface area contributed by atoms with Gasteiger partial charge in [-0.3, -0.25) is 4.98 Å². The molecule has 0 unspecified atom stereocenters. The molecule has 5 heteroatoms. The molecule has 3 aromatic rings. The van der Waals surface area contributed by atoms with Crippen molar-refractivity contribution < 1.29 is 4.52 Å². The SMILES string of the molecule is C[C@H](N)c1nc(-c2ccc3ncccc3c2)no1. The first-order chi connectivity index (χ1) is 8.74.